The summed E-state index contributed by atoms with van der Waals surface area (Å²) in [7, 11) is 0. The number of alkyl carbamates (subject to hydrolysis) is 1. The Bertz CT molecular complexity index is 2120. The van der Waals surface area contributed by atoms with Crippen molar-refractivity contribution in [1.82, 2.24) is 41.5 Å². The Morgan fingerprint density at radius 2 is 1.41 bits per heavy atom. The molecule has 2 heterocycles. The third-order valence-corrected chi connectivity index (χ3v) is 10.6. The van der Waals surface area contributed by atoms with Gasteiger partial charge in [0.05, 0.1) is 0 Å². The van der Waals surface area contributed by atoms with Crippen LogP contribution in [0.15, 0.2) is 72.8 Å². The minimum Gasteiger partial charge on any atom is -0.444 e. The van der Waals surface area contributed by atoms with Crippen LogP contribution in [0.5, 0.6) is 0 Å². The molecule has 16 nitrogen and oxygen atoms in total. The van der Waals surface area contributed by atoms with Crippen molar-refractivity contribution >= 4 is 35.6 Å². The number of hydrogen-bond acceptors (Lipinski definition) is 10. The van der Waals surface area contributed by atoms with Gasteiger partial charge in [0, 0.05) is 54.8 Å². The summed E-state index contributed by atoms with van der Waals surface area (Å²) >= 11 is 0. The summed E-state index contributed by atoms with van der Waals surface area (Å²) in [6.45, 7) is 12.3. The zero-order valence-corrected chi connectivity index (χ0v) is 35.7. The van der Waals surface area contributed by atoms with E-state index in [1.54, 1.807) is 41.3 Å². The summed E-state index contributed by atoms with van der Waals surface area (Å²) in [4.78, 5) is 66.9. The van der Waals surface area contributed by atoms with E-state index in [1.165, 1.54) is 0 Å². The molecule has 1 saturated heterocycles. The Morgan fingerprint density at radius 3 is 2.02 bits per heavy atom. The molecule has 0 unspecified atom stereocenters. The lowest BCUT2D eigenvalue weighted by Crippen LogP contribution is -2.48. The molecule has 2 fully saturated rings. The predicted octanol–water partition coefficient (Wildman–Crippen LogP) is 6.27. The number of hydrogen-bond donors (Lipinski definition) is 5. The average Bonchev–Trinajstić information content (AvgIpc) is 3.93. The number of rotatable bonds is 12. The van der Waals surface area contributed by atoms with Crippen molar-refractivity contribution in [3.05, 3.63) is 83.9 Å². The first-order chi connectivity index (χ1) is 29.0. The number of aromatic amines is 1. The van der Waals surface area contributed by atoms with Crippen molar-refractivity contribution in [3.63, 3.8) is 0 Å². The summed E-state index contributed by atoms with van der Waals surface area (Å²) in [5, 5.41) is 25.9. The van der Waals surface area contributed by atoms with Gasteiger partial charge in [-0.05, 0) is 138 Å². The van der Waals surface area contributed by atoms with E-state index in [-0.39, 0.29) is 48.1 Å². The Kier molecular flexibility index (Phi) is 14.1. The number of anilines is 1. The van der Waals surface area contributed by atoms with Gasteiger partial charge in [0.15, 0.2) is 0 Å². The topological polar surface area (TPSA) is 210 Å². The molecule has 2 atom stereocenters. The molecule has 324 valence electrons. The monoisotopic (exact) mass is 835 g/mol. The van der Waals surface area contributed by atoms with Gasteiger partial charge in [-0.1, -0.05) is 36.4 Å². The highest BCUT2D eigenvalue weighted by molar-refractivity contribution is 5.98. The quantitative estimate of drug-likeness (QED) is 0.108. The SMILES string of the molecule is CC(C)(C)OC(=O)NCC1CCC(C(=O)N[C@@H](Cc2ccc(-c3ccc(C(=O)N[C@@H]4CCN(C(=O)OC(C)(C)C)C4)cc3)cc2)C(=O)Nc2ccc(-c3nn[nH]n3)cc2)CC1. The number of likely N-dealkylation sites (tertiary alicyclic amines) is 1. The van der Waals surface area contributed by atoms with Crippen LogP contribution in [-0.4, -0.2) is 98.4 Å². The van der Waals surface area contributed by atoms with E-state index in [2.05, 4.69) is 41.9 Å². The number of tetrazole rings is 1. The molecule has 6 rings (SSSR count). The van der Waals surface area contributed by atoms with Crippen molar-refractivity contribution in [3.8, 4) is 22.5 Å². The molecule has 1 aliphatic carbocycles. The second-order valence-corrected chi connectivity index (χ2v) is 17.8. The van der Waals surface area contributed by atoms with Crippen LogP contribution >= 0.6 is 0 Å². The molecule has 1 aromatic heterocycles. The normalized spacial score (nSPS) is 18.4. The average molecular weight is 836 g/mol. The van der Waals surface area contributed by atoms with Crippen LogP contribution in [0, 0.1) is 11.8 Å². The van der Waals surface area contributed by atoms with Crippen LogP contribution in [-0.2, 0) is 25.5 Å². The number of amides is 5. The molecule has 0 radical (unpaired) electrons. The zero-order chi connectivity index (χ0) is 43.7. The van der Waals surface area contributed by atoms with E-state index in [1.807, 2.05) is 77.9 Å². The second kappa shape index (κ2) is 19.4. The van der Waals surface area contributed by atoms with Crippen LogP contribution in [0.25, 0.3) is 22.5 Å². The molecule has 5 N–H and O–H groups in total. The van der Waals surface area contributed by atoms with Gasteiger partial charge < -0.3 is 35.6 Å². The summed E-state index contributed by atoms with van der Waals surface area (Å²) in [6, 6.07) is 21.1. The molecule has 4 aromatic rings. The lowest BCUT2D eigenvalue weighted by molar-refractivity contribution is -0.130. The highest BCUT2D eigenvalue weighted by Crippen LogP contribution is 2.29. The maximum Gasteiger partial charge on any atom is 0.410 e. The standard InChI is InChI=1S/C45H57N9O7/c1-44(2,3)60-42(58)46-26-29-9-13-33(14-10-29)40(56)49-37(41(57)47-35-21-19-32(20-22-35)38-50-52-53-51-38)25-28-7-11-30(12-8-28)31-15-17-34(18-16-31)39(55)48-36-23-24-54(27-36)43(59)61-45(4,5)6/h7-8,11-12,15-22,29,33,36-37H,9-10,13-14,23-27H2,1-6H3,(H,46,58)(H,47,57)(H,48,55)(H,49,56)(H,50,51,52,53)/t29?,33?,36-,37+/m1/s1. The Labute approximate surface area is 356 Å². The predicted molar refractivity (Wildman–Crippen MR) is 229 cm³/mol. The Hall–Kier alpha value is -6.32. The van der Waals surface area contributed by atoms with Gasteiger partial charge in [0.2, 0.25) is 17.6 Å². The van der Waals surface area contributed by atoms with Gasteiger partial charge >= 0.3 is 12.2 Å². The summed E-state index contributed by atoms with van der Waals surface area (Å²) in [5.74, 6) is -0.356. The molecule has 61 heavy (non-hydrogen) atoms. The van der Waals surface area contributed by atoms with Crippen molar-refractivity contribution in [2.45, 2.75) is 103 Å². The van der Waals surface area contributed by atoms with Gasteiger partial charge in [-0.2, -0.15) is 5.21 Å². The Morgan fingerprint density at radius 1 is 0.787 bits per heavy atom. The number of H-pyrrole nitrogens is 1. The largest absolute Gasteiger partial charge is 0.444 e. The van der Waals surface area contributed by atoms with Gasteiger partial charge in [-0.3, -0.25) is 14.4 Å². The lowest BCUT2D eigenvalue weighted by atomic mass is 9.81. The van der Waals surface area contributed by atoms with Crippen molar-refractivity contribution in [2.24, 2.45) is 11.8 Å². The first kappa shape index (κ1) is 44.2. The van der Waals surface area contributed by atoms with E-state index in [0.29, 0.717) is 56.0 Å². The van der Waals surface area contributed by atoms with Crippen molar-refractivity contribution in [2.75, 3.05) is 25.0 Å². The van der Waals surface area contributed by atoms with E-state index in [9.17, 15) is 24.0 Å². The maximum absolute atomic E-state index is 13.9. The van der Waals surface area contributed by atoms with Gasteiger partial charge in [-0.25, -0.2) is 9.59 Å². The molecular formula is C45H57N9O7. The van der Waals surface area contributed by atoms with Crippen molar-refractivity contribution in [1.29, 1.82) is 0 Å². The van der Waals surface area contributed by atoms with Crippen molar-refractivity contribution < 1.29 is 33.4 Å². The molecule has 0 spiro atoms. The van der Waals surface area contributed by atoms with Crippen LogP contribution in [0.1, 0.15) is 89.6 Å². The molecule has 1 saturated carbocycles. The molecule has 16 heteroatoms. The van der Waals surface area contributed by atoms with E-state index < -0.39 is 23.3 Å². The smallest absolute Gasteiger partial charge is 0.410 e. The number of carbonyl (C=O) groups excluding carboxylic acids is 5. The number of ether oxygens (including phenoxy) is 2. The lowest BCUT2D eigenvalue weighted by Gasteiger charge is -2.29. The molecule has 0 bridgehead atoms. The maximum atomic E-state index is 13.9. The first-order valence-electron chi connectivity index (χ1n) is 20.9. The van der Waals surface area contributed by atoms with E-state index in [0.717, 1.165) is 35.1 Å². The molecule has 2 aliphatic rings. The van der Waals surface area contributed by atoms with Gasteiger partial charge in [0.1, 0.15) is 17.2 Å². The second-order valence-electron chi connectivity index (χ2n) is 17.8. The third kappa shape index (κ3) is 13.1. The Balaban J connectivity index is 1.06. The fourth-order valence-corrected chi connectivity index (χ4v) is 7.41. The third-order valence-electron chi connectivity index (χ3n) is 10.6. The zero-order valence-electron chi connectivity index (χ0n) is 35.7. The van der Waals surface area contributed by atoms with Gasteiger partial charge in [-0.15, -0.1) is 10.2 Å². The van der Waals surface area contributed by atoms with Crippen LogP contribution in [0.4, 0.5) is 15.3 Å². The number of nitrogens with one attached hydrogen (secondary N) is 5. The van der Waals surface area contributed by atoms with Crippen LogP contribution in [0.2, 0.25) is 0 Å². The summed E-state index contributed by atoms with van der Waals surface area (Å²) < 4.78 is 10.8. The minimum absolute atomic E-state index is 0.166. The fraction of sp³-hybridized carbons (Fsp3) is 0.467. The molecule has 1 aliphatic heterocycles. The number of aromatic nitrogens is 4. The summed E-state index contributed by atoms with van der Waals surface area (Å²) in [5.41, 5.74) is 3.29. The number of carbonyl (C=O) groups is 5. The van der Waals surface area contributed by atoms with E-state index >= 15 is 0 Å². The highest BCUT2D eigenvalue weighted by atomic mass is 16.6. The van der Waals surface area contributed by atoms with Crippen LogP contribution in [0.3, 0.4) is 0 Å². The summed E-state index contributed by atoms with van der Waals surface area (Å²) in [6.07, 6.45) is 2.87. The van der Waals surface area contributed by atoms with Gasteiger partial charge in [0.25, 0.3) is 5.91 Å². The van der Waals surface area contributed by atoms with Crippen LogP contribution < -0.4 is 21.3 Å². The first-order valence-corrected chi connectivity index (χ1v) is 20.9. The number of nitrogens with zero attached hydrogens (tertiary/aromatic N) is 4. The molecular weight excluding hydrogens is 779 g/mol. The molecule has 5 amide bonds. The minimum atomic E-state index is -0.865. The van der Waals surface area contributed by atoms with E-state index in [4.69, 9.17) is 9.47 Å². The highest BCUT2D eigenvalue weighted by Gasteiger charge is 2.32. The fourth-order valence-electron chi connectivity index (χ4n) is 7.41. The molecule has 3 aromatic carbocycles. The number of benzene rings is 3.